The second-order valence-electron chi connectivity index (χ2n) is 9.19. The summed E-state index contributed by atoms with van der Waals surface area (Å²) in [5.74, 6) is -3.60. The first-order chi connectivity index (χ1) is 15.1. The van der Waals surface area contributed by atoms with Gasteiger partial charge in [-0.25, -0.2) is 13.2 Å². The molecule has 6 heteroatoms. The van der Waals surface area contributed by atoms with Crippen molar-refractivity contribution < 1.29 is 27.8 Å². The lowest BCUT2D eigenvalue weighted by atomic mass is 9.73. The topological polar surface area (TPSA) is 46.5 Å². The number of carbonyl (C=O) groups is 1. The lowest BCUT2D eigenvalue weighted by molar-refractivity contribution is -0.174. The number of benzene rings is 2. The van der Waals surface area contributed by atoms with E-state index in [2.05, 4.69) is 0 Å². The summed E-state index contributed by atoms with van der Waals surface area (Å²) in [6, 6.07) is 6.23. The lowest BCUT2D eigenvalue weighted by Crippen LogP contribution is -2.54. The fraction of sp³-hybridized carbons (Fsp3) is 0.423. The molecule has 2 aromatic rings. The van der Waals surface area contributed by atoms with E-state index in [4.69, 9.17) is 4.74 Å². The summed E-state index contributed by atoms with van der Waals surface area (Å²) >= 11 is 0. The Morgan fingerprint density at radius 1 is 0.938 bits per heavy atom. The third-order valence-electron chi connectivity index (χ3n) is 6.64. The van der Waals surface area contributed by atoms with Gasteiger partial charge >= 0.3 is 0 Å². The zero-order valence-corrected chi connectivity index (χ0v) is 18.5. The van der Waals surface area contributed by atoms with Crippen molar-refractivity contribution in [2.45, 2.75) is 70.5 Å². The number of carbonyl (C=O) groups excluding carboxylic acids is 1. The smallest absolute Gasteiger partial charge is 0.198 e. The molecule has 0 aromatic heterocycles. The Morgan fingerprint density at radius 2 is 1.59 bits per heavy atom. The van der Waals surface area contributed by atoms with E-state index in [0.29, 0.717) is 42.0 Å². The molecular weight excluding hydrogens is 417 g/mol. The Labute approximate surface area is 185 Å². The van der Waals surface area contributed by atoms with Gasteiger partial charge in [-0.2, -0.15) is 0 Å². The largest absolute Gasteiger partial charge is 0.508 e. The van der Waals surface area contributed by atoms with Crippen molar-refractivity contribution in [2.75, 3.05) is 0 Å². The number of ketones is 1. The molecule has 1 N–H and O–H groups in total. The maximum Gasteiger partial charge on any atom is 0.198 e. The van der Waals surface area contributed by atoms with Gasteiger partial charge in [0.15, 0.2) is 17.4 Å². The normalized spacial score (nSPS) is 20.1. The van der Waals surface area contributed by atoms with Gasteiger partial charge in [-0.1, -0.05) is 44.4 Å². The van der Waals surface area contributed by atoms with Crippen LogP contribution in [0.1, 0.15) is 64.0 Å². The van der Waals surface area contributed by atoms with Gasteiger partial charge in [0, 0.05) is 11.6 Å². The minimum atomic E-state index is -1.25. The first-order valence-corrected chi connectivity index (χ1v) is 11.1. The maximum atomic E-state index is 14.3. The van der Waals surface area contributed by atoms with E-state index in [0.717, 1.165) is 25.3 Å². The van der Waals surface area contributed by atoms with Crippen LogP contribution in [0.4, 0.5) is 13.2 Å². The minimum absolute atomic E-state index is 0.0641. The summed E-state index contributed by atoms with van der Waals surface area (Å²) in [5, 5.41) is 11.0. The minimum Gasteiger partial charge on any atom is -0.508 e. The number of aliphatic hydroxyl groups excluding tert-OH is 1. The van der Waals surface area contributed by atoms with E-state index in [1.54, 1.807) is 32.0 Å². The number of rotatable bonds is 3. The van der Waals surface area contributed by atoms with E-state index in [1.165, 1.54) is 0 Å². The number of hydrogen-bond donors (Lipinski definition) is 1. The summed E-state index contributed by atoms with van der Waals surface area (Å²) in [7, 11) is 0. The van der Waals surface area contributed by atoms with Crippen LogP contribution in [0.3, 0.4) is 0 Å². The van der Waals surface area contributed by atoms with Gasteiger partial charge in [0.2, 0.25) is 0 Å². The van der Waals surface area contributed by atoms with Crippen molar-refractivity contribution >= 4 is 11.4 Å². The van der Waals surface area contributed by atoms with Crippen LogP contribution in [-0.4, -0.2) is 22.1 Å². The quantitative estimate of drug-likeness (QED) is 0.537. The highest BCUT2D eigenvalue weighted by atomic mass is 19.2. The SMILES string of the molecule is CCc1cc(-c2cc(F)c(F)cc2F)ccc1C1=C(O)C(C)(C)OC2(CCCCC2)C1=O. The summed E-state index contributed by atoms with van der Waals surface area (Å²) in [4.78, 5) is 13.7. The molecule has 1 spiro atoms. The van der Waals surface area contributed by atoms with E-state index in [1.807, 2.05) is 6.92 Å². The Morgan fingerprint density at radius 3 is 2.25 bits per heavy atom. The predicted molar refractivity (Wildman–Crippen MR) is 117 cm³/mol. The van der Waals surface area contributed by atoms with Gasteiger partial charge in [-0.3, -0.25) is 4.79 Å². The van der Waals surface area contributed by atoms with E-state index in [-0.39, 0.29) is 22.7 Å². The summed E-state index contributed by atoms with van der Waals surface area (Å²) < 4.78 is 47.7. The van der Waals surface area contributed by atoms with Crippen molar-refractivity contribution in [1.82, 2.24) is 0 Å². The Balaban J connectivity index is 1.85. The lowest BCUT2D eigenvalue weighted by Gasteiger charge is -2.46. The molecule has 1 aliphatic heterocycles. The van der Waals surface area contributed by atoms with Crippen molar-refractivity contribution in [1.29, 1.82) is 0 Å². The zero-order valence-electron chi connectivity index (χ0n) is 18.5. The summed E-state index contributed by atoms with van der Waals surface area (Å²) in [5.41, 5.74) is -0.195. The highest BCUT2D eigenvalue weighted by molar-refractivity contribution is 6.26. The second-order valence-corrected chi connectivity index (χ2v) is 9.19. The molecule has 1 aliphatic carbocycles. The molecule has 4 rings (SSSR count). The first kappa shape index (κ1) is 22.6. The Bertz CT molecular complexity index is 1110. The third-order valence-corrected chi connectivity index (χ3v) is 6.64. The van der Waals surface area contributed by atoms with E-state index in [9.17, 15) is 23.1 Å². The van der Waals surface area contributed by atoms with Crippen LogP contribution in [0.2, 0.25) is 0 Å². The number of aliphatic hydroxyl groups is 1. The van der Waals surface area contributed by atoms with Gasteiger partial charge in [-0.15, -0.1) is 0 Å². The van der Waals surface area contributed by atoms with Crippen LogP contribution in [-0.2, 0) is 16.0 Å². The molecule has 1 fully saturated rings. The molecule has 2 aliphatic rings. The summed E-state index contributed by atoms with van der Waals surface area (Å²) in [6.45, 7) is 5.39. The van der Waals surface area contributed by atoms with Crippen molar-refractivity contribution in [3.63, 3.8) is 0 Å². The molecule has 3 nitrogen and oxygen atoms in total. The number of ether oxygens (including phenoxy) is 1. The fourth-order valence-electron chi connectivity index (χ4n) is 4.96. The predicted octanol–water partition coefficient (Wildman–Crippen LogP) is 6.68. The van der Waals surface area contributed by atoms with E-state index < -0.39 is 28.7 Å². The highest BCUT2D eigenvalue weighted by Crippen LogP contribution is 2.47. The molecule has 0 amide bonds. The second kappa shape index (κ2) is 8.07. The van der Waals surface area contributed by atoms with Crippen LogP contribution in [0.25, 0.3) is 16.7 Å². The molecule has 1 saturated carbocycles. The van der Waals surface area contributed by atoms with Gasteiger partial charge in [-0.05, 0) is 55.9 Å². The Hall–Kier alpha value is -2.60. The van der Waals surface area contributed by atoms with Gasteiger partial charge in [0.1, 0.15) is 22.8 Å². The molecule has 0 bridgehead atoms. The van der Waals surface area contributed by atoms with E-state index >= 15 is 0 Å². The molecule has 2 aromatic carbocycles. The molecule has 0 radical (unpaired) electrons. The standard InChI is InChI=1S/C26H27F3O3/c1-4-15-12-16(18-13-20(28)21(29)14-19(18)27)8-9-17(15)22-23(30)25(2,3)32-26(24(22)31)10-6-5-7-11-26/h8-9,12-14,30H,4-7,10-11H2,1-3H3. The van der Waals surface area contributed by atoms with Crippen LogP contribution in [0.15, 0.2) is 36.1 Å². The van der Waals surface area contributed by atoms with Crippen molar-refractivity contribution in [3.8, 4) is 11.1 Å². The third kappa shape index (κ3) is 3.64. The zero-order chi connectivity index (χ0) is 23.3. The molecule has 170 valence electrons. The fourth-order valence-corrected chi connectivity index (χ4v) is 4.96. The Kier molecular flexibility index (Phi) is 5.70. The molecule has 32 heavy (non-hydrogen) atoms. The summed E-state index contributed by atoms with van der Waals surface area (Å²) in [6.07, 6.45) is 4.50. The van der Waals surface area contributed by atoms with Crippen LogP contribution in [0.5, 0.6) is 0 Å². The van der Waals surface area contributed by atoms with Crippen LogP contribution in [0, 0.1) is 17.5 Å². The maximum absolute atomic E-state index is 14.3. The average Bonchev–Trinajstić information content (AvgIpc) is 2.76. The molecule has 1 heterocycles. The number of hydrogen-bond acceptors (Lipinski definition) is 3. The average molecular weight is 444 g/mol. The van der Waals surface area contributed by atoms with Crippen molar-refractivity contribution in [3.05, 3.63) is 64.7 Å². The molecule has 0 unspecified atom stereocenters. The van der Waals surface area contributed by atoms with Gasteiger partial charge < -0.3 is 9.84 Å². The number of halogens is 3. The van der Waals surface area contributed by atoms with Gasteiger partial charge in [0.05, 0.1) is 5.57 Å². The highest BCUT2D eigenvalue weighted by Gasteiger charge is 2.52. The van der Waals surface area contributed by atoms with Crippen molar-refractivity contribution in [2.24, 2.45) is 0 Å². The number of aryl methyl sites for hydroxylation is 1. The molecule has 0 atom stereocenters. The van der Waals surface area contributed by atoms with Gasteiger partial charge in [0.25, 0.3) is 0 Å². The first-order valence-electron chi connectivity index (χ1n) is 11.1. The van der Waals surface area contributed by atoms with Crippen LogP contribution >= 0.6 is 0 Å². The molecular formula is C26H27F3O3. The molecule has 0 saturated heterocycles. The van der Waals surface area contributed by atoms with Crippen LogP contribution < -0.4 is 0 Å². The number of Topliss-reactive ketones (excluding diaryl/α,β-unsaturated/α-hetero) is 1. The monoisotopic (exact) mass is 444 g/mol.